The summed E-state index contributed by atoms with van der Waals surface area (Å²) in [6.07, 6.45) is 0. The van der Waals surface area contributed by atoms with Gasteiger partial charge in [-0.3, -0.25) is 4.79 Å². The molecule has 1 rings (SSSR count). The number of aryl methyl sites for hydroxylation is 1. The van der Waals surface area contributed by atoms with Crippen molar-refractivity contribution in [3.63, 3.8) is 0 Å². The van der Waals surface area contributed by atoms with Crippen LogP contribution in [0.3, 0.4) is 0 Å². The van der Waals surface area contributed by atoms with Gasteiger partial charge in [0, 0.05) is 18.8 Å². The summed E-state index contributed by atoms with van der Waals surface area (Å²) in [6, 6.07) is 3.51. The molecule has 19 heavy (non-hydrogen) atoms. The molecule has 0 aliphatic rings. The number of nitrogens with zero attached hydrogens (tertiary/aromatic N) is 5. The van der Waals surface area contributed by atoms with E-state index in [0.717, 1.165) is 0 Å². The Morgan fingerprint density at radius 2 is 2.11 bits per heavy atom. The monoisotopic (exact) mass is 263 g/mol. The summed E-state index contributed by atoms with van der Waals surface area (Å²) < 4.78 is 0. The molecule has 7 nitrogen and oxygen atoms in total. The van der Waals surface area contributed by atoms with E-state index < -0.39 is 5.97 Å². The van der Waals surface area contributed by atoms with Crippen LogP contribution in [0.1, 0.15) is 11.4 Å². The maximum absolute atomic E-state index is 10.9. The van der Waals surface area contributed by atoms with Gasteiger partial charge in [-0.1, -0.05) is 0 Å². The zero-order valence-corrected chi connectivity index (χ0v) is 11.3. The molecular formula is C12H17N5O2. The summed E-state index contributed by atoms with van der Waals surface area (Å²) >= 11 is 0. The van der Waals surface area contributed by atoms with Crippen molar-refractivity contribution < 1.29 is 9.90 Å². The third-order valence-corrected chi connectivity index (χ3v) is 2.38. The Balaban J connectivity index is 2.99. The number of carboxylic acid groups (broad SMARTS) is 1. The highest BCUT2D eigenvalue weighted by atomic mass is 16.4. The van der Waals surface area contributed by atoms with E-state index in [4.69, 9.17) is 10.4 Å². The molecule has 0 saturated heterocycles. The average Bonchev–Trinajstić information content (AvgIpc) is 2.32. The van der Waals surface area contributed by atoms with Crippen molar-refractivity contribution >= 4 is 11.9 Å². The lowest BCUT2D eigenvalue weighted by atomic mass is 10.3. The normalized spacial score (nSPS) is 10.3. The number of nitriles is 1. The number of aromatic nitrogens is 2. The van der Waals surface area contributed by atoms with Crippen LogP contribution in [0, 0.1) is 18.3 Å². The molecule has 0 radical (unpaired) electrons. The molecule has 1 aromatic rings. The topological polar surface area (TPSA) is 93.4 Å². The van der Waals surface area contributed by atoms with Gasteiger partial charge in [-0.05, 0) is 27.1 Å². The number of anilines is 1. The van der Waals surface area contributed by atoms with Crippen LogP contribution in [0.2, 0.25) is 0 Å². The fourth-order valence-electron chi connectivity index (χ4n) is 1.49. The molecule has 0 aromatic carbocycles. The van der Waals surface area contributed by atoms with Crippen LogP contribution in [0.15, 0.2) is 6.07 Å². The van der Waals surface area contributed by atoms with E-state index in [2.05, 4.69) is 9.97 Å². The number of aliphatic carboxylic acids is 1. The first-order valence-corrected chi connectivity index (χ1v) is 5.79. The van der Waals surface area contributed by atoms with Crippen molar-refractivity contribution in [1.82, 2.24) is 14.9 Å². The summed E-state index contributed by atoms with van der Waals surface area (Å²) in [5.74, 6) is -0.678. The van der Waals surface area contributed by atoms with Gasteiger partial charge in [0.25, 0.3) is 0 Å². The molecule has 1 aromatic heterocycles. The number of carboxylic acids is 1. The van der Waals surface area contributed by atoms with Crippen molar-refractivity contribution in [3.05, 3.63) is 17.5 Å². The smallest absolute Gasteiger partial charge is 0.323 e. The van der Waals surface area contributed by atoms with Crippen molar-refractivity contribution in [3.8, 4) is 6.07 Å². The van der Waals surface area contributed by atoms with E-state index in [1.54, 1.807) is 17.9 Å². The lowest BCUT2D eigenvalue weighted by Crippen LogP contribution is -2.37. The minimum atomic E-state index is -0.956. The molecule has 0 unspecified atom stereocenters. The van der Waals surface area contributed by atoms with Gasteiger partial charge in [-0.2, -0.15) is 5.26 Å². The van der Waals surface area contributed by atoms with Crippen molar-refractivity contribution in [2.75, 3.05) is 38.6 Å². The summed E-state index contributed by atoms with van der Waals surface area (Å²) in [4.78, 5) is 22.6. The second-order valence-electron chi connectivity index (χ2n) is 4.42. The number of carbonyl (C=O) groups is 1. The van der Waals surface area contributed by atoms with E-state index >= 15 is 0 Å². The highest BCUT2D eigenvalue weighted by molar-refractivity contribution is 5.72. The van der Waals surface area contributed by atoms with Gasteiger partial charge in [-0.25, -0.2) is 9.97 Å². The van der Waals surface area contributed by atoms with Crippen LogP contribution in [0.25, 0.3) is 0 Å². The minimum Gasteiger partial charge on any atom is -0.480 e. The second kappa shape index (κ2) is 6.66. The fourth-order valence-corrected chi connectivity index (χ4v) is 1.49. The Bertz CT molecular complexity index is 495. The van der Waals surface area contributed by atoms with Crippen molar-refractivity contribution in [2.45, 2.75) is 6.92 Å². The van der Waals surface area contributed by atoms with Gasteiger partial charge in [0.05, 0.1) is 0 Å². The van der Waals surface area contributed by atoms with Gasteiger partial charge in [0.1, 0.15) is 18.3 Å². The molecule has 0 aliphatic heterocycles. The van der Waals surface area contributed by atoms with E-state index in [1.165, 1.54) is 0 Å². The molecule has 0 bridgehead atoms. The van der Waals surface area contributed by atoms with Crippen LogP contribution >= 0.6 is 0 Å². The molecule has 1 heterocycles. The van der Waals surface area contributed by atoms with Crippen molar-refractivity contribution in [1.29, 1.82) is 5.26 Å². The molecule has 0 amide bonds. The fraction of sp³-hybridized carbons (Fsp3) is 0.500. The lowest BCUT2D eigenvalue weighted by molar-refractivity contribution is -0.135. The third-order valence-electron chi connectivity index (χ3n) is 2.38. The van der Waals surface area contributed by atoms with Gasteiger partial charge in [0.2, 0.25) is 5.95 Å². The first kappa shape index (κ1) is 14.9. The first-order valence-electron chi connectivity index (χ1n) is 5.79. The van der Waals surface area contributed by atoms with Gasteiger partial charge >= 0.3 is 5.97 Å². The molecule has 0 fully saturated rings. The van der Waals surface area contributed by atoms with Gasteiger partial charge < -0.3 is 14.9 Å². The van der Waals surface area contributed by atoms with Crippen LogP contribution < -0.4 is 4.90 Å². The zero-order valence-electron chi connectivity index (χ0n) is 11.3. The molecule has 1 N–H and O–H groups in total. The molecule has 0 spiro atoms. The van der Waals surface area contributed by atoms with E-state index in [-0.39, 0.29) is 18.2 Å². The molecular weight excluding hydrogens is 246 g/mol. The Kier molecular flexibility index (Phi) is 5.21. The Morgan fingerprint density at radius 3 is 2.63 bits per heavy atom. The minimum absolute atomic E-state index is 0.192. The molecule has 7 heteroatoms. The van der Waals surface area contributed by atoms with Crippen LogP contribution in [-0.4, -0.2) is 59.7 Å². The predicted molar refractivity (Wildman–Crippen MR) is 69.9 cm³/mol. The summed E-state index contributed by atoms with van der Waals surface area (Å²) in [5, 5.41) is 17.8. The Morgan fingerprint density at radius 1 is 1.42 bits per heavy atom. The van der Waals surface area contributed by atoms with E-state index in [0.29, 0.717) is 18.8 Å². The van der Waals surface area contributed by atoms with Crippen LogP contribution in [-0.2, 0) is 4.79 Å². The predicted octanol–water partition coefficient (Wildman–Crippen LogP) is 0.109. The molecule has 0 atom stereocenters. The molecule has 0 aliphatic carbocycles. The summed E-state index contributed by atoms with van der Waals surface area (Å²) in [7, 11) is 3.80. The molecule has 0 saturated carbocycles. The number of likely N-dealkylation sites (N-methyl/N-ethyl adjacent to an activating group) is 1. The summed E-state index contributed by atoms with van der Waals surface area (Å²) in [5.41, 5.74) is 0.879. The SMILES string of the molecule is Cc1cc(C#N)nc(N(CCN(C)C)CC(=O)O)n1. The highest BCUT2D eigenvalue weighted by Crippen LogP contribution is 2.09. The Labute approximate surface area is 112 Å². The van der Waals surface area contributed by atoms with E-state index in [1.807, 2.05) is 25.1 Å². The average molecular weight is 263 g/mol. The van der Waals surface area contributed by atoms with Crippen LogP contribution in [0.5, 0.6) is 0 Å². The maximum Gasteiger partial charge on any atom is 0.323 e. The maximum atomic E-state index is 10.9. The molecule has 102 valence electrons. The standard InChI is InChI=1S/C12H17N5O2/c1-9-6-10(7-13)15-12(14-9)17(8-11(18)19)5-4-16(2)3/h6H,4-5,8H2,1-3H3,(H,18,19). The zero-order chi connectivity index (χ0) is 14.4. The van der Waals surface area contributed by atoms with Gasteiger partial charge in [0.15, 0.2) is 0 Å². The third kappa shape index (κ3) is 4.89. The quantitative estimate of drug-likeness (QED) is 0.778. The summed E-state index contributed by atoms with van der Waals surface area (Å²) in [6.45, 7) is 2.71. The van der Waals surface area contributed by atoms with Crippen LogP contribution in [0.4, 0.5) is 5.95 Å². The van der Waals surface area contributed by atoms with Crippen molar-refractivity contribution in [2.24, 2.45) is 0 Å². The lowest BCUT2D eigenvalue weighted by Gasteiger charge is -2.22. The number of hydrogen-bond donors (Lipinski definition) is 1. The second-order valence-corrected chi connectivity index (χ2v) is 4.42. The largest absolute Gasteiger partial charge is 0.480 e. The number of hydrogen-bond acceptors (Lipinski definition) is 6. The number of rotatable bonds is 6. The van der Waals surface area contributed by atoms with E-state index in [9.17, 15) is 4.79 Å². The first-order chi connectivity index (χ1) is 8.92. The highest BCUT2D eigenvalue weighted by Gasteiger charge is 2.15. The van der Waals surface area contributed by atoms with Gasteiger partial charge in [-0.15, -0.1) is 0 Å². The Hall–Kier alpha value is -2.20.